The molecule has 0 unspecified atom stereocenters. The Morgan fingerprint density at radius 2 is 1.74 bits per heavy atom. The largest absolute Gasteiger partial charge is 0.493 e. The summed E-state index contributed by atoms with van der Waals surface area (Å²) in [6.45, 7) is 4.25. The molecule has 0 radical (unpaired) electrons. The molecule has 5 heteroatoms. The van der Waals surface area contributed by atoms with Gasteiger partial charge in [0.15, 0.2) is 0 Å². The van der Waals surface area contributed by atoms with E-state index in [1.807, 2.05) is 25.1 Å². The second kappa shape index (κ2) is 7.98. The van der Waals surface area contributed by atoms with Gasteiger partial charge in [0, 0.05) is 19.2 Å². The Hall–Kier alpha value is -2.82. The van der Waals surface area contributed by atoms with Crippen LogP contribution in [0.4, 0.5) is 5.69 Å². The molecule has 2 amide bonds. The quantitative estimate of drug-likeness (QED) is 0.861. The zero-order chi connectivity index (χ0) is 16.7. The fourth-order valence-electron chi connectivity index (χ4n) is 2.12. The minimum atomic E-state index is -0.181. The molecule has 2 aromatic rings. The number of carbonyl (C=O) groups excluding carboxylic acids is 2. The van der Waals surface area contributed by atoms with Crippen LogP contribution in [0.25, 0.3) is 0 Å². The second-order valence-corrected chi connectivity index (χ2v) is 4.99. The number of para-hydroxylation sites is 1. The summed E-state index contributed by atoms with van der Waals surface area (Å²) in [6, 6.07) is 14.5. The van der Waals surface area contributed by atoms with Gasteiger partial charge in [-0.2, -0.15) is 0 Å². The predicted molar refractivity (Wildman–Crippen MR) is 89.5 cm³/mol. The van der Waals surface area contributed by atoms with Crippen LogP contribution in [0, 0.1) is 0 Å². The summed E-state index contributed by atoms with van der Waals surface area (Å²) in [5.74, 6) is 0.284. The molecule has 0 heterocycles. The van der Waals surface area contributed by atoms with Crippen LogP contribution in [-0.2, 0) is 11.3 Å². The summed E-state index contributed by atoms with van der Waals surface area (Å²) in [7, 11) is 0. The van der Waals surface area contributed by atoms with Crippen LogP contribution in [0.3, 0.4) is 0 Å². The van der Waals surface area contributed by atoms with Crippen LogP contribution in [-0.4, -0.2) is 18.4 Å². The van der Waals surface area contributed by atoms with Gasteiger partial charge in [-0.05, 0) is 36.8 Å². The maximum Gasteiger partial charge on any atom is 0.255 e. The van der Waals surface area contributed by atoms with Crippen LogP contribution in [0.2, 0.25) is 0 Å². The number of carbonyl (C=O) groups is 2. The number of benzene rings is 2. The number of ether oxygens (including phenoxy) is 1. The average Bonchev–Trinajstić information content (AvgIpc) is 2.54. The molecular weight excluding hydrogens is 292 g/mol. The lowest BCUT2D eigenvalue weighted by atomic mass is 10.1. The third-order valence-electron chi connectivity index (χ3n) is 3.16. The van der Waals surface area contributed by atoms with Gasteiger partial charge in [-0.3, -0.25) is 9.59 Å². The number of amides is 2. The molecule has 0 spiro atoms. The summed E-state index contributed by atoms with van der Waals surface area (Å²) >= 11 is 0. The summed E-state index contributed by atoms with van der Waals surface area (Å²) < 4.78 is 5.46. The molecule has 120 valence electrons. The zero-order valence-electron chi connectivity index (χ0n) is 13.3. The minimum absolute atomic E-state index is 0.112. The van der Waals surface area contributed by atoms with E-state index in [0.717, 1.165) is 11.3 Å². The first kappa shape index (κ1) is 16.5. The molecule has 2 aromatic carbocycles. The van der Waals surface area contributed by atoms with E-state index < -0.39 is 0 Å². The molecule has 5 nitrogen and oxygen atoms in total. The molecule has 23 heavy (non-hydrogen) atoms. The molecule has 0 saturated heterocycles. The zero-order valence-corrected chi connectivity index (χ0v) is 13.3. The van der Waals surface area contributed by atoms with Gasteiger partial charge < -0.3 is 15.4 Å². The molecule has 0 atom stereocenters. The summed E-state index contributed by atoms with van der Waals surface area (Å²) in [5.41, 5.74) is 2.19. The highest BCUT2D eigenvalue weighted by atomic mass is 16.5. The van der Waals surface area contributed by atoms with E-state index in [2.05, 4.69) is 10.6 Å². The summed E-state index contributed by atoms with van der Waals surface area (Å²) in [4.78, 5) is 23.3. The molecule has 0 aromatic heterocycles. The molecule has 0 aliphatic heterocycles. The average molecular weight is 312 g/mol. The van der Waals surface area contributed by atoms with Crippen molar-refractivity contribution in [1.29, 1.82) is 0 Å². The number of hydrogen-bond acceptors (Lipinski definition) is 3. The van der Waals surface area contributed by atoms with Crippen LogP contribution in [0.1, 0.15) is 29.8 Å². The first-order valence-electron chi connectivity index (χ1n) is 7.46. The lowest BCUT2D eigenvalue weighted by molar-refractivity contribution is -0.114. The lowest BCUT2D eigenvalue weighted by Gasteiger charge is -2.11. The standard InChI is InChI=1S/C18H20N2O3/c1-3-23-17-7-5-4-6-16(17)18(22)19-12-14-8-10-15(11-9-14)20-13(2)21/h4-11H,3,12H2,1-2H3,(H,19,22)(H,20,21). The van der Waals surface area contributed by atoms with Crippen molar-refractivity contribution in [1.82, 2.24) is 5.32 Å². The van der Waals surface area contributed by atoms with Crippen LogP contribution in [0.5, 0.6) is 5.75 Å². The van der Waals surface area contributed by atoms with E-state index in [0.29, 0.717) is 24.5 Å². The molecule has 0 aliphatic carbocycles. The molecule has 0 saturated carbocycles. The van der Waals surface area contributed by atoms with Crippen molar-refractivity contribution in [3.8, 4) is 5.75 Å². The fraction of sp³-hybridized carbons (Fsp3) is 0.222. The first-order valence-corrected chi connectivity index (χ1v) is 7.46. The Balaban J connectivity index is 1.98. The van der Waals surface area contributed by atoms with Gasteiger partial charge in [0.25, 0.3) is 5.91 Å². The molecule has 2 rings (SSSR count). The van der Waals surface area contributed by atoms with Crippen molar-refractivity contribution in [2.24, 2.45) is 0 Å². The highest BCUT2D eigenvalue weighted by Crippen LogP contribution is 2.18. The third-order valence-corrected chi connectivity index (χ3v) is 3.16. The Morgan fingerprint density at radius 3 is 2.39 bits per heavy atom. The Morgan fingerprint density at radius 1 is 1.04 bits per heavy atom. The first-order chi connectivity index (χ1) is 11.1. The van der Waals surface area contributed by atoms with Crippen LogP contribution >= 0.6 is 0 Å². The highest BCUT2D eigenvalue weighted by molar-refractivity contribution is 5.96. The van der Waals surface area contributed by atoms with Crippen molar-refractivity contribution < 1.29 is 14.3 Å². The normalized spacial score (nSPS) is 10.0. The third kappa shape index (κ3) is 4.85. The number of anilines is 1. The fourth-order valence-corrected chi connectivity index (χ4v) is 2.12. The van der Waals surface area contributed by atoms with E-state index in [1.54, 1.807) is 30.3 Å². The molecule has 0 aliphatic rings. The van der Waals surface area contributed by atoms with Crippen molar-refractivity contribution in [3.63, 3.8) is 0 Å². The van der Waals surface area contributed by atoms with Gasteiger partial charge in [-0.1, -0.05) is 24.3 Å². The number of nitrogens with one attached hydrogen (secondary N) is 2. The topological polar surface area (TPSA) is 67.4 Å². The Bertz CT molecular complexity index is 681. The van der Waals surface area contributed by atoms with Gasteiger partial charge in [0.05, 0.1) is 12.2 Å². The van der Waals surface area contributed by atoms with Crippen molar-refractivity contribution in [3.05, 3.63) is 59.7 Å². The van der Waals surface area contributed by atoms with Crippen LogP contribution in [0.15, 0.2) is 48.5 Å². The summed E-state index contributed by atoms with van der Waals surface area (Å²) in [6.07, 6.45) is 0. The number of rotatable bonds is 6. The Labute approximate surface area is 135 Å². The molecule has 2 N–H and O–H groups in total. The monoisotopic (exact) mass is 312 g/mol. The SMILES string of the molecule is CCOc1ccccc1C(=O)NCc1ccc(NC(C)=O)cc1. The van der Waals surface area contributed by atoms with Gasteiger partial charge in [-0.15, -0.1) is 0 Å². The second-order valence-electron chi connectivity index (χ2n) is 4.99. The maximum atomic E-state index is 12.3. The van der Waals surface area contributed by atoms with Crippen LogP contribution < -0.4 is 15.4 Å². The molecular formula is C18H20N2O3. The lowest BCUT2D eigenvalue weighted by Crippen LogP contribution is -2.23. The minimum Gasteiger partial charge on any atom is -0.493 e. The molecule has 0 bridgehead atoms. The number of hydrogen-bond donors (Lipinski definition) is 2. The predicted octanol–water partition coefficient (Wildman–Crippen LogP) is 2.97. The van der Waals surface area contributed by atoms with E-state index in [4.69, 9.17) is 4.74 Å². The Kier molecular flexibility index (Phi) is 5.74. The van der Waals surface area contributed by atoms with Gasteiger partial charge in [-0.25, -0.2) is 0 Å². The van der Waals surface area contributed by atoms with Crippen molar-refractivity contribution in [2.75, 3.05) is 11.9 Å². The van der Waals surface area contributed by atoms with Gasteiger partial charge in [0.1, 0.15) is 5.75 Å². The van der Waals surface area contributed by atoms with Gasteiger partial charge in [0.2, 0.25) is 5.91 Å². The summed E-state index contributed by atoms with van der Waals surface area (Å²) in [5, 5.41) is 5.57. The van der Waals surface area contributed by atoms with E-state index in [-0.39, 0.29) is 11.8 Å². The smallest absolute Gasteiger partial charge is 0.255 e. The highest BCUT2D eigenvalue weighted by Gasteiger charge is 2.11. The van der Waals surface area contributed by atoms with Crippen molar-refractivity contribution >= 4 is 17.5 Å². The van der Waals surface area contributed by atoms with E-state index in [9.17, 15) is 9.59 Å². The van der Waals surface area contributed by atoms with Gasteiger partial charge >= 0.3 is 0 Å². The maximum absolute atomic E-state index is 12.3. The van der Waals surface area contributed by atoms with E-state index in [1.165, 1.54) is 6.92 Å². The molecule has 0 fully saturated rings. The van der Waals surface area contributed by atoms with E-state index >= 15 is 0 Å². The van der Waals surface area contributed by atoms with Crippen molar-refractivity contribution in [2.45, 2.75) is 20.4 Å².